The molecule has 0 aromatic rings. The molecule has 0 saturated heterocycles. The van der Waals surface area contributed by atoms with Gasteiger partial charge in [0.2, 0.25) is 0 Å². The van der Waals surface area contributed by atoms with Gasteiger partial charge in [-0.05, 0) is 0 Å². The van der Waals surface area contributed by atoms with E-state index in [0.717, 1.165) is 0 Å². The van der Waals surface area contributed by atoms with E-state index in [4.69, 9.17) is 72.8 Å². The highest BCUT2D eigenvalue weighted by Gasteiger charge is 2.14. The largest absolute Gasteiger partial charge is 0.451 e. The first-order chi connectivity index (χ1) is 21.6. The van der Waals surface area contributed by atoms with Gasteiger partial charge in [-0.1, -0.05) is 7.43 Å². The van der Waals surface area contributed by atoms with Crippen LogP contribution in [0, 0.1) is 0 Å². The van der Waals surface area contributed by atoms with Gasteiger partial charge < -0.3 is 74.2 Å². The molecule has 0 unspecified atom stereocenters. The Balaban J connectivity index is -0.000000349. The predicted molar refractivity (Wildman–Crippen MR) is 164 cm³/mol. The summed E-state index contributed by atoms with van der Waals surface area (Å²) in [4.78, 5) is 45.6. The lowest BCUT2D eigenvalue weighted by Crippen LogP contribution is -2.37. The Bertz CT molecular complexity index is 650. The fourth-order valence-corrected chi connectivity index (χ4v) is 2.63. The second kappa shape index (κ2) is 40.7. The minimum atomic E-state index is -0.879. The SMILES string of the molecule is C.O=C(Cl)OCCOCCOC(=O)Cl.O=C(OCCOCCOC(=O)N(CCO)CCO)N(CCO)CCO.OCCNCCO. The highest BCUT2D eigenvalue weighted by atomic mass is 35.5. The Morgan fingerprint density at radius 2 is 0.761 bits per heavy atom. The summed E-state index contributed by atoms with van der Waals surface area (Å²) in [7, 11) is 0. The fraction of sp³-hybridized carbons (Fsp3) is 0.840. The highest BCUT2D eigenvalue weighted by molar-refractivity contribution is 6.61. The van der Waals surface area contributed by atoms with Crippen LogP contribution in [0.3, 0.4) is 0 Å². The molecule has 46 heavy (non-hydrogen) atoms. The zero-order valence-electron chi connectivity index (χ0n) is 25.1. The number of halogens is 2. The van der Waals surface area contributed by atoms with Crippen LogP contribution in [0.4, 0.5) is 19.2 Å². The van der Waals surface area contributed by atoms with Gasteiger partial charge in [0.25, 0.3) is 0 Å². The standard InChI is InChI=1S/C14H28N2O9.C6H8Cl2O5.C4H11NO2.CH4/c17-5-1-15(2-6-18)13(21)24-11-9-23-10-12-25-14(22)16(3-7-19)4-8-20;7-5(9)12-3-1-11-2-4-13-6(8)10;6-3-1-5-2-4-7;/h17-20H,1-12H2;1-4H2;5-7H,1-4H2;1H4. The molecule has 0 spiro atoms. The molecule has 0 rings (SSSR count). The molecule has 19 nitrogen and oxygen atoms in total. The van der Waals surface area contributed by atoms with E-state index < -0.39 is 23.0 Å². The average molecular weight is 721 g/mol. The van der Waals surface area contributed by atoms with Crippen molar-refractivity contribution in [3.8, 4) is 0 Å². The Hall–Kier alpha value is -2.30. The number of carbonyl (C=O) groups is 4. The number of amides is 2. The predicted octanol–water partition coefficient (Wildman–Crippen LogP) is -1.20. The molecule has 0 radical (unpaired) electrons. The molecule has 0 aliphatic rings. The molecule has 7 N–H and O–H groups in total. The van der Waals surface area contributed by atoms with Gasteiger partial charge in [0, 0.05) is 62.5 Å². The zero-order chi connectivity index (χ0) is 34.6. The van der Waals surface area contributed by atoms with Gasteiger partial charge in [-0.15, -0.1) is 0 Å². The molecular formula is C25H51Cl2N3O16. The van der Waals surface area contributed by atoms with Crippen molar-refractivity contribution in [3.05, 3.63) is 0 Å². The number of rotatable bonds is 24. The minimum Gasteiger partial charge on any atom is -0.451 e. The highest BCUT2D eigenvalue weighted by Crippen LogP contribution is 1.96. The lowest BCUT2D eigenvalue weighted by Gasteiger charge is -2.20. The zero-order valence-corrected chi connectivity index (χ0v) is 26.6. The van der Waals surface area contributed by atoms with Crippen molar-refractivity contribution in [3.63, 3.8) is 0 Å². The number of aliphatic hydroxyl groups is 6. The van der Waals surface area contributed by atoms with E-state index in [-0.39, 0.29) is 126 Å². The molecule has 0 atom stereocenters. The molecule has 0 bridgehead atoms. The first-order valence-electron chi connectivity index (χ1n) is 13.6. The second-order valence-electron chi connectivity index (χ2n) is 7.69. The lowest BCUT2D eigenvalue weighted by molar-refractivity contribution is 0.0251. The summed E-state index contributed by atoms with van der Waals surface area (Å²) in [5.41, 5.74) is -1.76. The van der Waals surface area contributed by atoms with Gasteiger partial charge in [0.1, 0.15) is 26.4 Å². The van der Waals surface area contributed by atoms with E-state index >= 15 is 0 Å². The van der Waals surface area contributed by atoms with Crippen LogP contribution in [0.15, 0.2) is 0 Å². The maximum Gasteiger partial charge on any atom is 0.409 e. The molecule has 0 saturated carbocycles. The van der Waals surface area contributed by atoms with Crippen molar-refractivity contribution in [2.24, 2.45) is 0 Å². The van der Waals surface area contributed by atoms with Crippen LogP contribution >= 0.6 is 23.2 Å². The van der Waals surface area contributed by atoms with Gasteiger partial charge in [0.15, 0.2) is 0 Å². The maximum absolute atomic E-state index is 11.6. The molecule has 0 aliphatic carbocycles. The van der Waals surface area contributed by atoms with E-state index in [1.54, 1.807) is 0 Å². The van der Waals surface area contributed by atoms with Gasteiger partial charge in [-0.2, -0.15) is 0 Å². The molecule has 0 aliphatic heterocycles. The lowest BCUT2D eigenvalue weighted by atomic mass is 10.5. The molecular weight excluding hydrogens is 669 g/mol. The summed E-state index contributed by atoms with van der Waals surface area (Å²) in [6.45, 7) is 1.38. The summed E-state index contributed by atoms with van der Waals surface area (Å²) >= 11 is 9.71. The number of hydrogen-bond donors (Lipinski definition) is 7. The summed E-state index contributed by atoms with van der Waals surface area (Å²) in [5, 5.41) is 54.3. The van der Waals surface area contributed by atoms with Crippen LogP contribution < -0.4 is 5.32 Å². The number of aliphatic hydroxyl groups excluding tert-OH is 6. The Morgan fingerprint density at radius 3 is 1.00 bits per heavy atom. The van der Waals surface area contributed by atoms with E-state index in [0.29, 0.717) is 13.1 Å². The molecule has 0 aromatic carbocycles. The first-order valence-corrected chi connectivity index (χ1v) is 14.4. The third-order valence-corrected chi connectivity index (χ3v) is 4.58. The number of nitrogens with zero attached hydrogens (tertiary/aromatic N) is 2. The summed E-state index contributed by atoms with van der Waals surface area (Å²) < 4.78 is 28.5. The molecule has 2 amide bonds. The average Bonchev–Trinajstić information content (AvgIpc) is 3.00. The van der Waals surface area contributed by atoms with Crippen molar-refractivity contribution in [2.75, 3.05) is 132 Å². The Kier molecular flexibility index (Phi) is 44.8. The molecule has 0 aromatic heterocycles. The van der Waals surface area contributed by atoms with Gasteiger partial charge in [-0.3, -0.25) is 0 Å². The summed E-state index contributed by atoms with van der Waals surface area (Å²) in [6, 6.07) is 0. The molecule has 21 heteroatoms. The van der Waals surface area contributed by atoms with Crippen molar-refractivity contribution >= 4 is 46.2 Å². The van der Waals surface area contributed by atoms with Crippen LogP contribution in [0.2, 0.25) is 0 Å². The van der Waals surface area contributed by atoms with Crippen LogP contribution in [0.1, 0.15) is 7.43 Å². The monoisotopic (exact) mass is 719 g/mol. The van der Waals surface area contributed by atoms with Crippen LogP contribution in [-0.4, -0.2) is 195 Å². The van der Waals surface area contributed by atoms with E-state index in [2.05, 4.69) is 14.8 Å². The Labute approximate surface area is 278 Å². The number of hydrogen-bond acceptors (Lipinski definition) is 17. The van der Waals surface area contributed by atoms with Gasteiger partial charge >= 0.3 is 23.0 Å². The molecule has 0 fully saturated rings. The third kappa shape index (κ3) is 39.7. The second-order valence-corrected chi connectivity index (χ2v) is 8.31. The topological polar surface area (TPSA) is 264 Å². The third-order valence-electron chi connectivity index (χ3n) is 4.37. The molecule has 276 valence electrons. The van der Waals surface area contributed by atoms with E-state index in [1.165, 1.54) is 9.80 Å². The smallest absolute Gasteiger partial charge is 0.409 e. The normalized spacial score (nSPS) is 9.74. The van der Waals surface area contributed by atoms with Gasteiger partial charge in [0.05, 0.1) is 66.1 Å². The van der Waals surface area contributed by atoms with Crippen molar-refractivity contribution in [1.82, 2.24) is 15.1 Å². The number of nitrogens with one attached hydrogen (secondary N) is 1. The van der Waals surface area contributed by atoms with Gasteiger partial charge in [-0.25, -0.2) is 19.2 Å². The minimum absolute atomic E-state index is 0. The van der Waals surface area contributed by atoms with Crippen LogP contribution in [0.25, 0.3) is 0 Å². The van der Waals surface area contributed by atoms with Crippen LogP contribution in [0.5, 0.6) is 0 Å². The van der Waals surface area contributed by atoms with Crippen molar-refractivity contribution < 1.29 is 78.2 Å². The number of ether oxygens (including phenoxy) is 6. The summed E-state index contributed by atoms with van der Waals surface area (Å²) in [6.07, 6.45) is -1.33. The maximum atomic E-state index is 11.6. The quantitative estimate of drug-likeness (QED) is 0.0351. The molecule has 0 heterocycles. The summed E-state index contributed by atoms with van der Waals surface area (Å²) in [5.74, 6) is 0. The Morgan fingerprint density at radius 1 is 0.478 bits per heavy atom. The first kappa shape index (κ1) is 50.6. The number of carbonyl (C=O) groups excluding carboxylic acids is 4. The van der Waals surface area contributed by atoms with E-state index in [9.17, 15) is 19.2 Å². The van der Waals surface area contributed by atoms with Crippen molar-refractivity contribution in [1.29, 1.82) is 0 Å². The van der Waals surface area contributed by atoms with Crippen LogP contribution in [-0.2, 0) is 28.4 Å². The van der Waals surface area contributed by atoms with E-state index in [1.807, 2.05) is 0 Å². The fourth-order valence-electron chi connectivity index (χ4n) is 2.48. The van der Waals surface area contributed by atoms with Crippen molar-refractivity contribution in [2.45, 2.75) is 7.43 Å².